The minimum atomic E-state index is 0.811. The Labute approximate surface area is 106 Å². The number of rotatable bonds is 6. The smallest absolute Gasteiger partial charge is 0.00202 e. The number of hydrogen-bond acceptors (Lipinski definition) is 1. The maximum atomic E-state index is 3.36. The van der Waals surface area contributed by atoms with Gasteiger partial charge in [0.2, 0.25) is 0 Å². The van der Waals surface area contributed by atoms with Crippen molar-refractivity contribution in [1.82, 2.24) is 5.32 Å². The van der Waals surface area contributed by atoms with Crippen molar-refractivity contribution in [1.29, 1.82) is 0 Å². The Hall–Kier alpha value is -0.820. The van der Waals surface area contributed by atoms with Crippen molar-refractivity contribution in [3.05, 3.63) is 35.9 Å². The average molecular weight is 231 g/mol. The highest BCUT2D eigenvalue weighted by molar-refractivity contribution is 5.15. The van der Waals surface area contributed by atoms with Gasteiger partial charge < -0.3 is 5.32 Å². The second-order valence-electron chi connectivity index (χ2n) is 5.50. The quantitative estimate of drug-likeness (QED) is 0.788. The molecule has 0 aromatic heterocycles. The van der Waals surface area contributed by atoms with E-state index in [1.165, 1.54) is 44.1 Å². The normalized spacial score (nSPS) is 18.4. The molecule has 0 radical (unpaired) electrons. The molecule has 1 aliphatic rings. The highest BCUT2D eigenvalue weighted by Gasteiger charge is 2.19. The molecule has 0 spiro atoms. The van der Waals surface area contributed by atoms with Gasteiger partial charge >= 0.3 is 0 Å². The molecule has 0 saturated heterocycles. The first-order valence-electron chi connectivity index (χ1n) is 7.07. The predicted molar refractivity (Wildman–Crippen MR) is 74.1 cm³/mol. The summed E-state index contributed by atoms with van der Waals surface area (Å²) in [5, 5.41) is 3.36. The van der Waals surface area contributed by atoms with Crippen molar-refractivity contribution < 1.29 is 0 Å². The van der Waals surface area contributed by atoms with Gasteiger partial charge in [-0.2, -0.15) is 0 Å². The lowest BCUT2D eigenvalue weighted by Gasteiger charge is -2.20. The number of nitrogens with one attached hydrogen (secondary N) is 1. The standard InChI is InChI=1S/C16H25N/c1-17-13-16(12-15-9-5-6-10-15)11-14-7-3-2-4-8-14/h2-4,7-8,15-17H,5-6,9-13H2,1H3. The molecule has 1 fully saturated rings. The monoisotopic (exact) mass is 231 g/mol. The van der Waals surface area contributed by atoms with Crippen molar-refractivity contribution in [2.45, 2.75) is 38.5 Å². The van der Waals surface area contributed by atoms with Crippen molar-refractivity contribution in [3.63, 3.8) is 0 Å². The van der Waals surface area contributed by atoms with Crippen LogP contribution in [0.15, 0.2) is 30.3 Å². The Kier molecular flexibility index (Phi) is 5.06. The zero-order valence-electron chi connectivity index (χ0n) is 11.0. The van der Waals surface area contributed by atoms with Crippen LogP contribution < -0.4 is 5.32 Å². The van der Waals surface area contributed by atoms with Crippen LogP contribution in [0.5, 0.6) is 0 Å². The number of benzene rings is 1. The van der Waals surface area contributed by atoms with Crippen molar-refractivity contribution in [2.75, 3.05) is 13.6 Å². The first kappa shape index (κ1) is 12.6. The molecule has 94 valence electrons. The van der Waals surface area contributed by atoms with Gasteiger partial charge in [-0.1, -0.05) is 56.0 Å². The van der Waals surface area contributed by atoms with E-state index in [-0.39, 0.29) is 0 Å². The minimum absolute atomic E-state index is 0.811. The molecule has 1 nitrogen and oxygen atoms in total. The Morgan fingerprint density at radius 1 is 1.18 bits per heavy atom. The van der Waals surface area contributed by atoms with Crippen LogP contribution >= 0.6 is 0 Å². The van der Waals surface area contributed by atoms with Crippen LogP contribution in [0.1, 0.15) is 37.7 Å². The summed E-state index contributed by atoms with van der Waals surface area (Å²) in [6, 6.07) is 10.9. The SMILES string of the molecule is CNCC(Cc1ccccc1)CC1CCCC1. The van der Waals surface area contributed by atoms with E-state index < -0.39 is 0 Å². The van der Waals surface area contributed by atoms with Crippen LogP contribution in [0.4, 0.5) is 0 Å². The van der Waals surface area contributed by atoms with Gasteiger partial charge in [0, 0.05) is 0 Å². The molecular formula is C16H25N. The van der Waals surface area contributed by atoms with Gasteiger partial charge in [-0.25, -0.2) is 0 Å². The summed E-state index contributed by atoms with van der Waals surface area (Å²) in [6.45, 7) is 1.16. The van der Waals surface area contributed by atoms with Gasteiger partial charge in [0.05, 0.1) is 0 Å². The summed E-state index contributed by atoms with van der Waals surface area (Å²) in [5.41, 5.74) is 1.49. The summed E-state index contributed by atoms with van der Waals surface area (Å²) >= 11 is 0. The lowest BCUT2D eigenvalue weighted by atomic mass is 9.88. The molecule has 0 heterocycles. The zero-order chi connectivity index (χ0) is 11.9. The van der Waals surface area contributed by atoms with Crippen LogP contribution in [0, 0.1) is 11.8 Å². The summed E-state index contributed by atoms with van der Waals surface area (Å²) in [7, 11) is 2.08. The summed E-state index contributed by atoms with van der Waals surface area (Å²) < 4.78 is 0. The second-order valence-corrected chi connectivity index (χ2v) is 5.50. The van der Waals surface area contributed by atoms with Crippen molar-refractivity contribution in [2.24, 2.45) is 11.8 Å². The minimum Gasteiger partial charge on any atom is -0.319 e. The van der Waals surface area contributed by atoms with E-state index in [4.69, 9.17) is 0 Å². The van der Waals surface area contributed by atoms with Gasteiger partial charge in [0.15, 0.2) is 0 Å². The van der Waals surface area contributed by atoms with Crippen LogP contribution in [0.3, 0.4) is 0 Å². The Morgan fingerprint density at radius 3 is 2.53 bits per heavy atom. The molecule has 1 aromatic rings. The summed E-state index contributed by atoms with van der Waals surface area (Å²) in [4.78, 5) is 0. The maximum absolute atomic E-state index is 3.36. The topological polar surface area (TPSA) is 12.0 Å². The molecule has 1 saturated carbocycles. The van der Waals surface area contributed by atoms with Gasteiger partial charge in [-0.05, 0) is 43.8 Å². The number of hydrogen-bond donors (Lipinski definition) is 1. The molecule has 17 heavy (non-hydrogen) atoms. The molecule has 0 bridgehead atoms. The van der Waals surface area contributed by atoms with E-state index in [0.29, 0.717) is 0 Å². The first-order valence-corrected chi connectivity index (χ1v) is 7.07. The molecule has 0 aliphatic heterocycles. The van der Waals surface area contributed by atoms with E-state index in [0.717, 1.165) is 18.4 Å². The van der Waals surface area contributed by atoms with E-state index in [1.54, 1.807) is 0 Å². The molecule has 1 aromatic carbocycles. The molecule has 1 unspecified atom stereocenters. The van der Waals surface area contributed by atoms with E-state index >= 15 is 0 Å². The van der Waals surface area contributed by atoms with Gasteiger partial charge in [-0.15, -0.1) is 0 Å². The van der Waals surface area contributed by atoms with Crippen LogP contribution in [0.2, 0.25) is 0 Å². The Balaban J connectivity index is 1.87. The Bertz CT molecular complexity index is 301. The molecule has 1 N–H and O–H groups in total. The third kappa shape index (κ3) is 4.16. The molecular weight excluding hydrogens is 206 g/mol. The third-order valence-corrected chi connectivity index (χ3v) is 4.00. The lowest BCUT2D eigenvalue weighted by molar-refractivity contribution is 0.364. The predicted octanol–water partition coefficient (Wildman–Crippen LogP) is 3.65. The van der Waals surface area contributed by atoms with Gasteiger partial charge in [0.1, 0.15) is 0 Å². The largest absolute Gasteiger partial charge is 0.319 e. The van der Waals surface area contributed by atoms with Crippen molar-refractivity contribution >= 4 is 0 Å². The molecule has 1 atom stereocenters. The van der Waals surface area contributed by atoms with Crippen molar-refractivity contribution in [3.8, 4) is 0 Å². The second kappa shape index (κ2) is 6.80. The molecule has 0 amide bonds. The lowest BCUT2D eigenvalue weighted by Crippen LogP contribution is -2.22. The first-order chi connectivity index (χ1) is 8.38. The fourth-order valence-electron chi connectivity index (χ4n) is 3.19. The average Bonchev–Trinajstić information content (AvgIpc) is 2.83. The van der Waals surface area contributed by atoms with Gasteiger partial charge in [0.25, 0.3) is 0 Å². The highest BCUT2D eigenvalue weighted by Crippen LogP contribution is 2.31. The summed E-state index contributed by atoms with van der Waals surface area (Å²) in [6.07, 6.45) is 8.50. The fraction of sp³-hybridized carbons (Fsp3) is 0.625. The third-order valence-electron chi connectivity index (χ3n) is 4.00. The van der Waals surface area contributed by atoms with E-state index in [2.05, 4.69) is 42.7 Å². The van der Waals surface area contributed by atoms with E-state index in [1.807, 2.05) is 0 Å². The molecule has 1 aliphatic carbocycles. The maximum Gasteiger partial charge on any atom is -0.00202 e. The van der Waals surface area contributed by atoms with Crippen LogP contribution in [-0.2, 0) is 6.42 Å². The zero-order valence-corrected chi connectivity index (χ0v) is 11.0. The van der Waals surface area contributed by atoms with E-state index in [9.17, 15) is 0 Å². The van der Waals surface area contributed by atoms with Crippen LogP contribution in [-0.4, -0.2) is 13.6 Å². The highest BCUT2D eigenvalue weighted by atomic mass is 14.8. The molecule has 2 rings (SSSR count). The Morgan fingerprint density at radius 2 is 1.88 bits per heavy atom. The summed E-state index contributed by atoms with van der Waals surface area (Å²) in [5.74, 6) is 1.81. The van der Waals surface area contributed by atoms with Gasteiger partial charge in [-0.3, -0.25) is 0 Å². The van der Waals surface area contributed by atoms with Crippen LogP contribution in [0.25, 0.3) is 0 Å². The fourth-order valence-corrected chi connectivity index (χ4v) is 3.19. The molecule has 1 heteroatoms.